The van der Waals surface area contributed by atoms with E-state index in [2.05, 4.69) is 68.6 Å². The first-order valence-electron chi connectivity index (χ1n) is 9.10. The summed E-state index contributed by atoms with van der Waals surface area (Å²) in [5.74, 6) is 1.32. The van der Waals surface area contributed by atoms with E-state index in [1.165, 1.54) is 12.0 Å². The molecule has 3 aromatic rings. The molecule has 0 bridgehead atoms. The topological polar surface area (TPSA) is 71.2 Å². The highest BCUT2D eigenvalue weighted by atomic mass is 15.3. The largest absolute Gasteiger partial charge is 0.372 e. The maximum Gasteiger partial charge on any atom is 0.159 e. The molecule has 1 aromatic carbocycles. The lowest BCUT2D eigenvalue weighted by Crippen LogP contribution is -2.21. The van der Waals surface area contributed by atoms with Gasteiger partial charge in [0.05, 0.1) is 11.9 Å². The molecule has 27 heavy (non-hydrogen) atoms. The van der Waals surface area contributed by atoms with Gasteiger partial charge in [-0.2, -0.15) is 10.2 Å². The van der Waals surface area contributed by atoms with E-state index in [-0.39, 0.29) is 0 Å². The average molecular weight is 363 g/mol. The normalized spacial score (nSPS) is 11.1. The van der Waals surface area contributed by atoms with E-state index in [0.29, 0.717) is 11.6 Å². The molecule has 140 valence electrons. The van der Waals surface area contributed by atoms with E-state index in [0.717, 1.165) is 30.0 Å². The summed E-state index contributed by atoms with van der Waals surface area (Å²) in [5.41, 5.74) is 7.17. The number of nitrogens with zero attached hydrogens (tertiary/aromatic N) is 6. The number of aromatic nitrogens is 4. The molecule has 0 unspecified atom stereocenters. The molecule has 0 saturated heterocycles. The number of hydrogen-bond donors (Lipinski definition) is 1. The van der Waals surface area contributed by atoms with Gasteiger partial charge in [0.2, 0.25) is 0 Å². The zero-order chi connectivity index (χ0) is 19.2. The van der Waals surface area contributed by atoms with Crippen molar-refractivity contribution >= 4 is 17.7 Å². The maximum atomic E-state index is 4.44. The summed E-state index contributed by atoms with van der Waals surface area (Å²) in [6, 6.07) is 12.2. The van der Waals surface area contributed by atoms with Gasteiger partial charge in [-0.3, -0.25) is 5.43 Å². The van der Waals surface area contributed by atoms with E-state index >= 15 is 0 Å². The molecule has 7 nitrogen and oxygen atoms in total. The van der Waals surface area contributed by atoms with Gasteiger partial charge in [-0.05, 0) is 51.5 Å². The molecule has 0 aliphatic rings. The van der Waals surface area contributed by atoms with Crippen LogP contribution >= 0.6 is 0 Å². The molecule has 0 aliphatic carbocycles. The van der Waals surface area contributed by atoms with Crippen molar-refractivity contribution in [2.75, 3.05) is 23.4 Å². The first kappa shape index (κ1) is 18.6. The van der Waals surface area contributed by atoms with Crippen LogP contribution in [-0.2, 0) is 0 Å². The van der Waals surface area contributed by atoms with Crippen LogP contribution in [0.4, 0.5) is 11.5 Å². The zero-order valence-electron chi connectivity index (χ0n) is 16.2. The Morgan fingerprint density at radius 3 is 2.44 bits per heavy atom. The van der Waals surface area contributed by atoms with Crippen molar-refractivity contribution in [1.29, 1.82) is 0 Å². The van der Waals surface area contributed by atoms with Crippen molar-refractivity contribution in [1.82, 2.24) is 19.7 Å². The number of anilines is 2. The lowest BCUT2D eigenvalue weighted by atomic mass is 10.2. The Morgan fingerprint density at radius 1 is 1.07 bits per heavy atom. The third-order valence-electron chi connectivity index (χ3n) is 4.29. The minimum Gasteiger partial charge on any atom is -0.372 e. The Hall–Kier alpha value is -3.22. The summed E-state index contributed by atoms with van der Waals surface area (Å²) in [6.45, 7) is 10.3. The zero-order valence-corrected chi connectivity index (χ0v) is 16.2. The average Bonchev–Trinajstić information content (AvgIpc) is 3.02. The number of rotatable bonds is 7. The third kappa shape index (κ3) is 4.49. The molecule has 2 aromatic heterocycles. The summed E-state index contributed by atoms with van der Waals surface area (Å²) in [4.78, 5) is 10.8. The third-order valence-corrected chi connectivity index (χ3v) is 4.29. The van der Waals surface area contributed by atoms with Crippen LogP contribution < -0.4 is 10.3 Å². The minimum atomic E-state index is 0.614. The predicted molar refractivity (Wildman–Crippen MR) is 110 cm³/mol. The molecule has 0 radical (unpaired) electrons. The summed E-state index contributed by atoms with van der Waals surface area (Å²) in [6.07, 6.45) is 3.28. The predicted octanol–water partition coefficient (Wildman–Crippen LogP) is 3.57. The molecule has 3 rings (SSSR count). The van der Waals surface area contributed by atoms with Gasteiger partial charge in [0.15, 0.2) is 11.6 Å². The molecular formula is C20H25N7. The van der Waals surface area contributed by atoms with Gasteiger partial charge in [0.25, 0.3) is 0 Å². The van der Waals surface area contributed by atoms with Gasteiger partial charge in [-0.15, -0.1) is 0 Å². The molecule has 1 N–H and O–H groups in total. The first-order chi connectivity index (χ1) is 13.1. The SMILES string of the molecule is CCN(CC)c1ccc(C=NNc2cc(-n3nc(C)cc3C)ncn2)cc1. The number of hydrogen-bond acceptors (Lipinski definition) is 6. The molecule has 0 atom stereocenters. The van der Waals surface area contributed by atoms with Gasteiger partial charge in [0, 0.05) is 30.5 Å². The number of aryl methyl sites for hydroxylation is 2. The quantitative estimate of drug-likeness (QED) is 0.513. The second-order valence-corrected chi connectivity index (χ2v) is 6.23. The summed E-state index contributed by atoms with van der Waals surface area (Å²) >= 11 is 0. The molecular weight excluding hydrogens is 338 g/mol. The van der Waals surface area contributed by atoms with Crippen LogP contribution in [0.1, 0.15) is 30.8 Å². The fourth-order valence-electron chi connectivity index (χ4n) is 2.92. The van der Waals surface area contributed by atoms with Crippen LogP contribution in [0.3, 0.4) is 0 Å². The van der Waals surface area contributed by atoms with E-state index in [4.69, 9.17) is 0 Å². The molecule has 2 heterocycles. The van der Waals surface area contributed by atoms with Gasteiger partial charge >= 0.3 is 0 Å². The summed E-state index contributed by atoms with van der Waals surface area (Å²) < 4.78 is 1.79. The lowest BCUT2D eigenvalue weighted by molar-refractivity contribution is 0.801. The van der Waals surface area contributed by atoms with E-state index in [1.54, 1.807) is 10.9 Å². The van der Waals surface area contributed by atoms with Crippen LogP contribution in [0.25, 0.3) is 5.82 Å². The van der Waals surface area contributed by atoms with Gasteiger partial charge in [-0.25, -0.2) is 14.6 Å². The summed E-state index contributed by atoms with van der Waals surface area (Å²) in [5, 5.41) is 8.72. The van der Waals surface area contributed by atoms with Crippen LogP contribution in [0.5, 0.6) is 0 Å². The van der Waals surface area contributed by atoms with Crippen molar-refractivity contribution in [3.63, 3.8) is 0 Å². The van der Waals surface area contributed by atoms with Gasteiger partial charge in [0.1, 0.15) is 6.33 Å². The molecule has 0 saturated carbocycles. The van der Waals surface area contributed by atoms with Gasteiger partial charge < -0.3 is 4.90 Å². The number of benzene rings is 1. The van der Waals surface area contributed by atoms with E-state index < -0.39 is 0 Å². The highest BCUT2D eigenvalue weighted by Gasteiger charge is 2.06. The van der Waals surface area contributed by atoms with Crippen molar-refractivity contribution < 1.29 is 0 Å². The van der Waals surface area contributed by atoms with Gasteiger partial charge in [-0.1, -0.05) is 12.1 Å². The highest BCUT2D eigenvalue weighted by molar-refractivity contribution is 5.80. The standard InChI is InChI=1S/C20H25N7/c1-5-26(6-2)18-9-7-17(8-10-18)13-23-24-19-12-20(22-14-21-19)27-16(4)11-15(3)25-27/h7-14H,5-6H2,1-4H3,(H,21,22,24). The van der Waals surface area contributed by atoms with E-state index in [1.807, 2.05) is 26.0 Å². The van der Waals surface area contributed by atoms with Crippen LogP contribution in [0, 0.1) is 13.8 Å². The fourth-order valence-corrected chi connectivity index (χ4v) is 2.92. The molecule has 0 aliphatic heterocycles. The molecule has 7 heteroatoms. The van der Waals surface area contributed by atoms with Crippen LogP contribution in [-0.4, -0.2) is 39.1 Å². The molecule has 0 amide bonds. The number of nitrogens with one attached hydrogen (secondary N) is 1. The van der Waals surface area contributed by atoms with Crippen molar-refractivity contribution in [3.8, 4) is 5.82 Å². The Kier molecular flexibility index (Phi) is 5.80. The highest BCUT2D eigenvalue weighted by Crippen LogP contribution is 2.15. The van der Waals surface area contributed by atoms with Crippen molar-refractivity contribution in [2.24, 2.45) is 5.10 Å². The fraction of sp³-hybridized carbons (Fsp3) is 0.300. The van der Waals surface area contributed by atoms with E-state index in [9.17, 15) is 0 Å². The lowest BCUT2D eigenvalue weighted by Gasteiger charge is -2.20. The second kappa shape index (κ2) is 8.44. The smallest absolute Gasteiger partial charge is 0.159 e. The molecule has 0 spiro atoms. The Labute approximate surface area is 159 Å². The Morgan fingerprint density at radius 2 is 1.81 bits per heavy atom. The van der Waals surface area contributed by atoms with Crippen LogP contribution in [0.2, 0.25) is 0 Å². The molecule has 0 fully saturated rings. The minimum absolute atomic E-state index is 0.614. The van der Waals surface area contributed by atoms with Crippen LogP contribution in [0.15, 0.2) is 47.8 Å². The monoisotopic (exact) mass is 363 g/mol. The summed E-state index contributed by atoms with van der Waals surface area (Å²) in [7, 11) is 0. The van der Waals surface area contributed by atoms with Crippen molar-refractivity contribution in [3.05, 3.63) is 59.7 Å². The Balaban J connectivity index is 1.68. The Bertz CT molecular complexity index is 908. The first-order valence-corrected chi connectivity index (χ1v) is 9.10. The maximum absolute atomic E-state index is 4.44. The number of hydrazone groups is 1. The van der Waals surface area contributed by atoms with Crippen molar-refractivity contribution in [2.45, 2.75) is 27.7 Å². The second-order valence-electron chi connectivity index (χ2n) is 6.23.